The molecule has 0 saturated carbocycles. The van der Waals surface area contributed by atoms with E-state index in [1.807, 2.05) is 0 Å². The van der Waals surface area contributed by atoms with Gasteiger partial charge in [0.05, 0.1) is 19.1 Å². The highest BCUT2D eigenvalue weighted by Gasteiger charge is 2.15. The second-order valence-electron chi connectivity index (χ2n) is 4.06. The number of benzene rings is 2. The number of phenols is 1. The normalized spacial score (nSPS) is 10.1. The Morgan fingerprint density at radius 2 is 1.60 bits per heavy atom. The predicted molar refractivity (Wildman–Crippen MR) is 73.3 cm³/mol. The second-order valence-corrected chi connectivity index (χ2v) is 4.06. The van der Waals surface area contributed by atoms with Gasteiger partial charge in [-0.1, -0.05) is 6.07 Å². The molecule has 0 unspecified atom stereocenters. The zero-order valence-electron chi connectivity index (χ0n) is 11.0. The third-order valence-corrected chi connectivity index (χ3v) is 2.86. The first-order chi connectivity index (χ1) is 9.55. The van der Waals surface area contributed by atoms with E-state index >= 15 is 0 Å². The Morgan fingerprint density at radius 1 is 1.00 bits per heavy atom. The number of methoxy groups -OCH3 is 2. The van der Waals surface area contributed by atoms with E-state index in [4.69, 9.17) is 9.47 Å². The molecule has 0 radical (unpaired) electrons. The van der Waals surface area contributed by atoms with Crippen LogP contribution in [0.4, 0.5) is 5.69 Å². The van der Waals surface area contributed by atoms with E-state index in [0.717, 1.165) is 0 Å². The van der Waals surface area contributed by atoms with Crippen LogP contribution < -0.4 is 9.47 Å². The van der Waals surface area contributed by atoms with Crippen LogP contribution in [-0.4, -0.2) is 24.2 Å². The van der Waals surface area contributed by atoms with Gasteiger partial charge < -0.3 is 14.6 Å². The molecule has 0 fully saturated rings. The van der Waals surface area contributed by atoms with E-state index < -0.39 is 4.92 Å². The monoisotopic (exact) mass is 275 g/mol. The van der Waals surface area contributed by atoms with Gasteiger partial charge in [-0.15, -0.1) is 0 Å². The number of hydrogen-bond donors (Lipinski definition) is 1. The lowest BCUT2D eigenvalue weighted by Crippen LogP contribution is -1.91. The molecule has 6 nitrogen and oxygen atoms in total. The summed E-state index contributed by atoms with van der Waals surface area (Å²) in [6, 6.07) is 9.37. The summed E-state index contributed by atoms with van der Waals surface area (Å²) < 4.78 is 10.3. The number of nitro benzene ring substituents is 1. The van der Waals surface area contributed by atoms with Gasteiger partial charge in [0.15, 0.2) is 5.75 Å². The minimum atomic E-state index is -0.629. The zero-order valence-corrected chi connectivity index (χ0v) is 11.0. The Labute approximate surface area is 115 Å². The van der Waals surface area contributed by atoms with Crippen LogP contribution in [-0.2, 0) is 0 Å². The van der Waals surface area contributed by atoms with Gasteiger partial charge in [0.1, 0.15) is 11.5 Å². The summed E-state index contributed by atoms with van der Waals surface area (Å²) in [6.07, 6.45) is 0. The van der Waals surface area contributed by atoms with Crippen LogP contribution in [0, 0.1) is 10.1 Å². The molecule has 2 aromatic rings. The summed E-state index contributed by atoms with van der Waals surface area (Å²) in [6.45, 7) is 0. The topological polar surface area (TPSA) is 81.8 Å². The lowest BCUT2D eigenvalue weighted by atomic mass is 10.0. The third kappa shape index (κ3) is 2.64. The van der Waals surface area contributed by atoms with Gasteiger partial charge in [0, 0.05) is 12.1 Å². The van der Waals surface area contributed by atoms with Crippen molar-refractivity contribution in [2.45, 2.75) is 0 Å². The summed E-state index contributed by atoms with van der Waals surface area (Å²) in [4.78, 5) is 10.2. The van der Waals surface area contributed by atoms with Gasteiger partial charge >= 0.3 is 5.69 Å². The molecular weight excluding hydrogens is 262 g/mol. The van der Waals surface area contributed by atoms with Crippen molar-refractivity contribution in [3.63, 3.8) is 0 Å². The highest BCUT2D eigenvalue weighted by Crippen LogP contribution is 2.34. The van der Waals surface area contributed by atoms with Crippen molar-refractivity contribution in [1.29, 1.82) is 0 Å². The Bertz CT molecular complexity index is 632. The van der Waals surface area contributed by atoms with Gasteiger partial charge in [-0.25, -0.2) is 0 Å². The lowest BCUT2D eigenvalue weighted by Gasteiger charge is -2.09. The van der Waals surface area contributed by atoms with Gasteiger partial charge in [-0.05, 0) is 29.3 Å². The number of nitrogens with zero attached hydrogens (tertiary/aromatic N) is 1. The largest absolute Gasteiger partial charge is 0.502 e. The van der Waals surface area contributed by atoms with Crippen molar-refractivity contribution < 1.29 is 19.5 Å². The van der Waals surface area contributed by atoms with Crippen LogP contribution in [0.3, 0.4) is 0 Å². The van der Waals surface area contributed by atoms with Crippen molar-refractivity contribution in [2.75, 3.05) is 14.2 Å². The van der Waals surface area contributed by atoms with E-state index in [2.05, 4.69) is 0 Å². The van der Waals surface area contributed by atoms with Crippen LogP contribution in [0.2, 0.25) is 0 Å². The first-order valence-corrected chi connectivity index (χ1v) is 5.76. The molecule has 6 heteroatoms. The molecule has 0 aliphatic heterocycles. The minimum absolute atomic E-state index is 0.343. The van der Waals surface area contributed by atoms with Gasteiger partial charge in [-0.3, -0.25) is 10.1 Å². The summed E-state index contributed by atoms with van der Waals surface area (Å²) in [5, 5.41) is 20.3. The van der Waals surface area contributed by atoms with Crippen molar-refractivity contribution in [2.24, 2.45) is 0 Å². The van der Waals surface area contributed by atoms with E-state index in [1.54, 1.807) is 24.3 Å². The smallest absolute Gasteiger partial charge is 0.311 e. The van der Waals surface area contributed by atoms with Crippen LogP contribution in [0.1, 0.15) is 0 Å². The molecule has 1 N–H and O–H groups in total. The molecule has 0 spiro atoms. The molecule has 0 heterocycles. The first kappa shape index (κ1) is 13.7. The maximum Gasteiger partial charge on any atom is 0.311 e. The van der Waals surface area contributed by atoms with Crippen molar-refractivity contribution >= 4 is 5.69 Å². The fraction of sp³-hybridized carbons (Fsp3) is 0.143. The Balaban J connectivity index is 2.56. The zero-order chi connectivity index (χ0) is 14.7. The van der Waals surface area contributed by atoms with Gasteiger partial charge in [0.2, 0.25) is 0 Å². The molecule has 0 saturated heterocycles. The summed E-state index contributed by atoms with van der Waals surface area (Å²) in [7, 11) is 3.05. The first-order valence-electron chi connectivity index (χ1n) is 5.76. The van der Waals surface area contributed by atoms with Gasteiger partial charge in [-0.2, -0.15) is 0 Å². The van der Waals surface area contributed by atoms with Crippen LogP contribution in [0.15, 0.2) is 36.4 Å². The van der Waals surface area contributed by atoms with Crippen LogP contribution >= 0.6 is 0 Å². The van der Waals surface area contributed by atoms with Crippen molar-refractivity contribution in [3.8, 4) is 28.4 Å². The van der Waals surface area contributed by atoms with E-state index in [9.17, 15) is 15.2 Å². The number of nitro groups is 1. The van der Waals surface area contributed by atoms with Crippen LogP contribution in [0.25, 0.3) is 11.1 Å². The number of phenolic OH excluding ortho intramolecular Hbond substituents is 1. The minimum Gasteiger partial charge on any atom is -0.502 e. The number of aromatic hydroxyl groups is 1. The fourth-order valence-electron chi connectivity index (χ4n) is 1.82. The molecule has 2 rings (SSSR count). The molecule has 0 aromatic heterocycles. The maximum absolute atomic E-state index is 10.8. The second kappa shape index (κ2) is 5.48. The number of ether oxygens (including phenoxy) is 2. The fourth-order valence-corrected chi connectivity index (χ4v) is 1.82. The Morgan fingerprint density at radius 3 is 2.10 bits per heavy atom. The molecule has 0 atom stereocenters. The van der Waals surface area contributed by atoms with E-state index in [1.165, 1.54) is 26.4 Å². The molecule has 0 amide bonds. The molecular formula is C14H13NO5. The SMILES string of the molecule is COc1cc(OC)cc(-c2ccc(O)c([N+](=O)[O-])c2)c1. The number of rotatable bonds is 4. The van der Waals surface area contributed by atoms with E-state index in [0.29, 0.717) is 22.6 Å². The maximum atomic E-state index is 10.8. The standard InChI is InChI=1S/C14H13NO5/c1-19-11-5-10(6-12(8-11)20-2)9-3-4-14(16)13(7-9)15(17)18/h3-8,16H,1-2H3. The molecule has 20 heavy (non-hydrogen) atoms. The van der Waals surface area contributed by atoms with Crippen LogP contribution in [0.5, 0.6) is 17.2 Å². The lowest BCUT2D eigenvalue weighted by molar-refractivity contribution is -0.385. The average Bonchev–Trinajstić information content (AvgIpc) is 2.46. The Kier molecular flexibility index (Phi) is 3.74. The van der Waals surface area contributed by atoms with Crippen molar-refractivity contribution in [3.05, 3.63) is 46.5 Å². The summed E-state index contributed by atoms with van der Waals surface area (Å²) in [5.74, 6) is 0.791. The number of hydrogen-bond acceptors (Lipinski definition) is 5. The molecule has 0 bridgehead atoms. The highest BCUT2D eigenvalue weighted by molar-refractivity contribution is 5.71. The summed E-state index contributed by atoms with van der Waals surface area (Å²) >= 11 is 0. The third-order valence-electron chi connectivity index (χ3n) is 2.86. The molecule has 2 aromatic carbocycles. The highest BCUT2D eigenvalue weighted by atomic mass is 16.6. The quantitative estimate of drug-likeness (QED) is 0.685. The Hall–Kier alpha value is -2.76. The van der Waals surface area contributed by atoms with E-state index in [-0.39, 0.29) is 11.4 Å². The molecule has 0 aliphatic carbocycles. The predicted octanol–water partition coefficient (Wildman–Crippen LogP) is 2.98. The average molecular weight is 275 g/mol. The summed E-state index contributed by atoms with van der Waals surface area (Å²) in [5.41, 5.74) is 0.945. The molecule has 0 aliphatic rings. The van der Waals surface area contributed by atoms with Crippen molar-refractivity contribution in [1.82, 2.24) is 0 Å². The molecule has 104 valence electrons. The van der Waals surface area contributed by atoms with Gasteiger partial charge in [0.25, 0.3) is 0 Å².